The highest BCUT2D eigenvalue weighted by atomic mass is 35.5. The number of nitrogens with zero attached hydrogens (tertiary/aromatic N) is 3. The summed E-state index contributed by atoms with van der Waals surface area (Å²) >= 11 is 8.91. The average Bonchev–Trinajstić information content (AvgIpc) is 3.59. The third kappa shape index (κ3) is 4.56. The van der Waals surface area contributed by atoms with Gasteiger partial charge in [-0.25, -0.2) is 13.4 Å². The lowest BCUT2D eigenvalue weighted by molar-refractivity contribution is -0.123. The van der Waals surface area contributed by atoms with Crippen LogP contribution in [0.1, 0.15) is 32.1 Å². The van der Waals surface area contributed by atoms with E-state index in [1.54, 1.807) is 28.5 Å². The van der Waals surface area contributed by atoms with E-state index < -0.39 is 16.1 Å². The van der Waals surface area contributed by atoms with E-state index in [0.29, 0.717) is 41.8 Å². The van der Waals surface area contributed by atoms with Crippen molar-refractivity contribution in [2.75, 3.05) is 24.6 Å². The van der Waals surface area contributed by atoms with E-state index in [1.165, 1.54) is 27.0 Å². The van der Waals surface area contributed by atoms with Gasteiger partial charge in [0, 0.05) is 13.2 Å². The lowest BCUT2D eigenvalue weighted by Gasteiger charge is -2.36. The Labute approximate surface area is 206 Å². The first-order valence-corrected chi connectivity index (χ1v) is 14.5. The molecule has 11 heteroatoms. The fourth-order valence-corrected chi connectivity index (χ4v) is 8.47. The van der Waals surface area contributed by atoms with Gasteiger partial charge < -0.3 is 4.74 Å². The smallest absolute Gasteiger partial charge is 0.253 e. The molecule has 4 heterocycles. The van der Waals surface area contributed by atoms with E-state index in [2.05, 4.69) is 4.98 Å². The topological polar surface area (TPSA) is 79.8 Å². The lowest BCUT2D eigenvalue weighted by Crippen LogP contribution is -2.54. The standard InChI is InChI=1S/C22H24ClN3O4S3/c23-16-7-3-9-18-20(16)24-22(32-18)25(14-15-6-4-12-30-15)21(27)17-8-1-2-11-26(17)33(28,29)19-10-5-13-31-19/h3,5,7,9-10,13,15,17H,1-2,4,6,8,11-12,14H2. The molecule has 0 saturated carbocycles. The molecule has 2 aliphatic heterocycles. The van der Waals surface area contributed by atoms with E-state index in [9.17, 15) is 13.2 Å². The van der Waals surface area contributed by atoms with Crippen LogP contribution in [0.4, 0.5) is 5.13 Å². The Morgan fingerprint density at radius 1 is 1.21 bits per heavy atom. The largest absolute Gasteiger partial charge is 0.376 e. The molecule has 0 bridgehead atoms. The fraction of sp³-hybridized carbons (Fsp3) is 0.455. The van der Waals surface area contributed by atoms with Crippen LogP contribution >= 0.6 is 34.3 Å². The molecule has 0 N–H and O–H groups in total. The van der Waals surface area contributed by atoms with E-state index >= 15 is 0 Å². The summed E-state index contributed by atoms with van der Waals surface area (Å²) in [7, 11) is -3.75. The van der Waals surface area contributed by atoms with Crippen molar-refractivity contribution >= 4 is 65.6 Å². The number of sulfonamides is 1. The second-order valence-electron chi connectivity index (χ2n) is 8.23. The summed E-state index contributed by atoms with van der Waals surface area (Å²) in [5.41, 5.74) is 0.649. The van der Waals surface area contributed by atoms with Crippen molar-refractivity contribution in [2.45, 2.75) is 48.5 Å². The quantitative estimate of drug-likeness (QED) is 0.463. The van der Waals surface area contributed by atoms with Crippen molar-refractivity contribution in [3.05, 3.63) is 40.7 Å². The number of aromatic nitrogens is 1. The molecule has 7 nitrogen and oxygen atoms in total. The van der Waals surface area contributed by atoms with Crippen LogP contribution in [0.15, 0.2) is 39.9 Å². The van der Waals surface area contributed by atoms with Crippen molar-refractivity contribution in [3.8, 4) is 0 Å². The predicted molar refractivity (Wildman–Crippen MR) is 132 cm³/mol. The molecule has 2 aliphatic rings. The summed E-state index contributed by atoms with van der Waals surface area (Å²) in [5.74, 6) is -0.250. The molecular formula is C22H24ClN3O4S3. The van der Waals surface area contributed by atoms with Gasteiger partial charge in [-0.2, -0.15) is 4.31 Å². The number of para-hydroxylation sites is 1. The van der Waals surface area contributed by atoms with Crippen LogP contribution < -0.4 is 4.90 Å². The lowest BCUT2D eigenvalue weighted by atomic mass is 10.0. The number of thiazole rings is 1. The number of hydrogen-bond donors (Lipinski definition) is 0. The van der Waals surface area contributed by atoms with Gasteiger partial charge in [0.05, 0.1) is 22.4 Å². The van der Waals surface area contributed by atoms with Crippen molar-refractivity contribution in [2.24, 2.45) is 0 Å². The third-order valence-corrected chi connectivity index (χ3v) is 10.7. The number of ether oxygens (including phenoxy) is 1. The van der Waals surface area contributed by atoms with Gasteiger partial charge in [0.2, 0.25) is 5.91 Å². The fourth-order valence-electron chi connectivity index (χ4n) is 4.42. The van der Waals surface area contributed by atoms with Crippen molar-refractivity contribution in [1.29, 1.82) is 0 Å². The van der Waals surface area contributed by atoms with Crippen LogP contribution in [0.2, 0.25) is 5.02 Å². The number of anilines is 1. The van der Waals surface area contributed by atoms with Gasteiger partial charge in [-0.1, -0.05) is 41.5 Å². The summed E-state index contributed by atoms with van der Waals surface area (Å²) in [6, 6.07) is 8.09. The summed E-state index contributed by atoms with van der Waals surface area (Å²) in [6.07, 6.45) is 3.72. The first-order chi connectivity index (χ1) is 15.9. The average molecular weight is 526 g/mol. The predicted octanol–water partition coefficient (Wildman–Crippen LogP) is 4.77. The highest BCUT2D eigenvalue weighted by Crippen LogP contribution is 2.35. The van der Waals surface area contributed by atoms with Crippen LogP contribution in [0, 0.1) is 0 Å². The van der Waals surface area contributed by atoms with E-state index in [1.807, 2.05) is 12.1 Å². The van der Waals surface area contributed by atoms with Gasteiger partial charge in [0.15, 0.2) is 5.13 Å². The minimum atomic E-state index is -3.75. The molecule has 2 fully saturated rings. The molecule has 0 radical (unpaired) electrons. The van der Waals surface area contributed by atoms with E-state index in [-0.39, 0.29) is 16.2 Å². The van der Waals surface area contributed by atoms with Gasteiger partial charge >= 0.3 is 0 Å². The van der Waals surface area contributed by atoms with Gasteiger partial charge in [-0.15, -0.1) is 11.3 Å². The van der Waals surface area contributed by atoms with Crippen LogP contribution in [-0.4, -0.2) is 55.5 Å². The van der Waals surface area contributed by atoms with Gasteiger partial charge in [0.1, 0.15) is 15.8 Å². The normalized spacial score (nSPS) is 22.1. The molecule has 2 atom stereocenters. The zero-order chi connectivity index (χ0) is 23.0. The van der Waals surface area contributed by atoms with Crippen molar-refractivity contribution in [3.63, 3.8) is 0 Å². The number of rotatable bonds is 6. The SMILES string of the molecule is O=C(C1CCCCN1S(=O)(=O)c1cccs1)N(CC1CCCO1)c1nc2c(Cl)cccc2s1. The molecule has 1 amide bonds. The number of carbonyl (C=O) groups is 1. The minimum Gasteiger partial charge on any atom is -0.376 e. The third-order valence-electron chi connectivity index (χ3n) is 6.06. The molecular weight excluding hydrogens is 502 g/mol. The number of amides is 1. The van der Waals surface area contributed by atoms with E-state index in [4.69, 9.17) is 16.3 Å². The molecule has 3 aromatic rings. The highest BCUT2D eigenvalue weighted by Gasteiger charge is 2.41. The number of fused-ring (bicyclic) bond motifs is 1. The zero-order valence-corrected chi connectivity index (χ0v) is 21.1. The monoisotopic (exact) mass is 525 g/mol. The Bertz CT molecular complexity index is 1240. The summed E-state index contributed by atoms with van der Waals surface area (Å²) in [4.78, 5) is 20.3. The molecule has 33 heavy (non-hydrogen) atoms. The first-order valence-electron chi connectivity index (χ1n) is 11.0. The minimum absolute atomic E-state index is 0.0950. The molecule has 1 aromatic carbocycles. The molecule has 2 saturated heterocycles. The number of thiophene rings is 1. The summed E-state index contributed by atoms with van der Waals surface area (Å²) < 4.78 is 35.1. The van der Waals surface area contributed by atoms with Crippen molar-refractivity contribution in [1.82, 2.24) is 9.29 Å². The maximum Gasteiger partial charge on any atom is 0.253 e. The molecule has 0 aliphatic carbocycles. The maximum atomic E-state index is 14.0. The number of benzene rings is 1. The Kier molecular flexibility index (Phi) is 6.74. The van der Waals surface area contributed by atoms with Crippen LogP contribution in [-0.2, 0) is 19.6 Å². The maximum absolute atomic E-state index is 14.0. The van der Waals surface area contributed by atoms with E-state index in [0.717, 1.165) is 30.4 Å². The number of carbonyl (C=O) groups excluding carboxylic acids is 1. The molecule has 2 aromatic heterocycles. The Morgan fingerprint density at radius 2 is 2.09 bits per heavy atom. The number of piperidine rings is 1. The number of hydrogen-bond acceptors (Lipinski definition) is 7. The van der Waals surface area contributed by atoms with Gasteiger partial charge in [-0.3, -0.25) is 9.69 Å². The van der Waals surface area contributed by atoms with Gasteiger partial charge in [0.25, 0.3) is 10.0 Å². The second kappa shape index (κ2) is 9.59. The molecule has 5 rings (SSSR count). The molecule has 176 valence electrons. The Morgan fingerprint density at radius 3 is 2.82 bits per heavy atom. The summed E-state index contributed by atoms with van der Waals surface area (Å²) in [5, 5.41) is 2.79. The highest BCUT2D eigenvalue weighted by molar-refractivity contribution is 7.91. The summed E-state index contributed by atoms with van der Waals surface area (Å²) in [6.45, 7) is 1.34. The van der Waals surface area contributed by atoms with Crippen LogP contribution in [0.25, 0.3) is 10.2 Å². The molecule has 0 spiro atoms. The van der Waals surface area contributed by atoms with Crippen LogP contribution in [0.3, 0.4) is 0 Å². The van der Waals surface area contributed by atoms with Gasteiger partial charge in [-0.05, 0) is 49.3 Å². The van der Waals surface area contributed by atoms with Crippen LogP contribution in [0.5, 0.6) is 0 Å². The van der Waals surface area contributed by atoms with Crippen molar-refractivity contribution < 1.29 is 17.9 Å². The first kappa shape index (κ1) is 23.2. The Balaban J connectivity index is 1.51. The zero-order valence-electron chi connectivity index (χ0n) is 17.9. The number of halogens is 1. The molecule has 2 unspecified atom stereocenters. The second-order valence-corrected chi connectivity index (χ2v) is 12.7. The Hall–Kier alpha value is -1.56.